The van der Waals surface area contributed by atoms with E-state index in [0.29, 0.717) is 62.8 Å². The van der Waals surface area contributed by atoms with Crippen LogP contribution in [-0.2, 0) is 48.9 Å². The quantitative estimate of drug-likeness (QED) is 0.0307. The maximum atomic E-state index is 13.6. The van der Waals surface area contributed by atoms with E-state index in [-0.39, 0.29) is 64.8 Å². The third-order valence-corrected chi connectivity index (χ3v) is 12.8. The van der Waals surface area contributed by atoms with Gasteiger partial charge >= 0.3 is 10.4 Å². The van der Waals surface area contributed by atoms with Crippen LogP contribution in [-0.4, -0.2) is 145 Å². The maximum absolute atomic E-state index is 13.6. The molecule has 21 nitrogen and oxygen atoms in total. The summed E-state index contributed by atoms with van der Waals surface area (Å²) in [6.07, 6.45) is -4.54. The van der Waals surface area contributed by atoms with Gasteiger partial charge in [-0.15, -0.1) is 13.5 Å². The molecule has 2 heterocycles. The second-order valence-corrected chi connectivity index (χ2v) is 23.3. The van der Waals surface area contributed by atoms with Gasteiger partial charge < -0.3 is 63.1 Å². The molecule has 418 valence electrons. The van der Waals surface area contributed by atoms with Crippen LogP contribution in [0.25, 0.3) is 0 Å². The molecule has 1 aliphatic rings. The highest BCUT2D eigenvalue weighted by atomic mass is 32.3. The van der Waals surface area contributed by atoms with Crippen molar-refractivity contribution in [3.63, 3.8) is 0 Å². The Balaban J connectivity index is 1.07. The molecule has 3 aromatic carbocycles. The normalized spacial score (nSPS) is 18.4. The number of carbonyl (C=O) groups excluding carboxylic acids is 3. The van der Waals surface area contributed by atoms with E-state index in [2.05, 4.69) is 27.5 Å². The number of amides is 2. The highest BCUT2D eigenvalue weighted by molar-refractivity contribution is 7.82. The summed E-state index contributed by atoms with van der Waals surface area (Å²) in [5.74, 6) is -1.96. The zero-order chi connectivity index (χ0) is 56.1. The number of hydrogen-bond donors (Lipinski definition) is 6. The second kappa shape index (κ2) is 26.5. The number of ketones is 1. The van der Waals surface area contributed by atoms with Crippen LogP contribution in [0, 0.1) is 21.7 Å². The molecule has 6 N–H and O–H groups in total. The Bertz CT molecular complexity index is 2670. The number of benzene rings is 3. The van der Waals surface area contributed by atoms with Crippen molar-refractivity contribution >= 4 is 28.0 Å². The van der Waals surface area contributed by atoms with E-state index in [0.717, 1.165) is 11.6 Å². The molecule has 2 amide bonds. The first-order valence-electron chi connectivity index (χ1n) is 24.9. The van der Waals surface area contributed by atoms with E-state index in [1.165, 1.54) is 30.3 Å². The predicted octanol–water partition coefficient (Wildman–Crippen LogP) is 4.61. The molecular formula is C54H75N5O16S. The molecule has 22 heteroatoms. The van der Waals surface area contributed by atoms with Crippen LogP contribution in [0.15, 0.2) is 85.6 Å². The molecule has 1 fully saturated rings. The van der Waals surface area contributed by atoms with E-state index >= 15 is 0 Å². The number of rotatable bonds is 30. The van der Waals surface area contributed by atoms with Gasteiger partial charge in [-0.25, -0.2) is 0 Å². The Kier molecular flexibility index (Phi) is 21.3. The van der Waals surface area contributed by atoms with E-state index < -0.39 is 64.8 Å². The fraction of sp³-hybridized carbons (Fsp3) is 0.537. The smallest absolute Gasteiger partial charge is 0.458 e. The average Bonchev–Trinajstić information content (AvgIpc) is 3.80. The van der Waals surface area contributed by atoms with Gasteiger partial charge in [0, 0.05) is 58.0 Å². The zero-order valence-electron chi connectivity index (χ0n) is 44.8. The number of nitrogens with one attached hydrogen (secondary N) is 2. The molecule has 1 saturated heterocycles. The summed E-state index contributed by atoms with van der Waals surface area (Å²) >= 11 is 0. The molecule has 1 aliphatic heterocycles. The van der Waals surface area contributed by atoms with Gasteiger partial charge in [0.15, 0.2) is 17.3 Å². The largest absolute Gasteiger partial charge is 0.501 e. The Morgan fingerprint density at radius 3 is 1.86 bits per heavy atom. The number of ether oxygens (including phenoxy) is 5. The summed E-state index contributed by atoms with van der Waals surface area (Å²) in [4.78, 5) is 38.1. The van der Waals surface area contributed by atoms with Crippen LogP contribution in [0.4, 0.5) is 0 Å². The number of allylic oxidation sites excluding steroid dienone is 1. The van der Waals surface area contributed by atoms with Crippen molar-refractivity contribution in [1.29, 1.82) is 0 Å². The number of carbonyl (C=O) groups is 3. The molecule has 0 radical (unpaired) electrons. The molecule has 5 atom stereocenters. The van der Waals surface area contributed by atoms with Gasteiger partial charge in [0.2, 0.25) is 6.29 Å². The lowest BCUT2D eigenvalue weighted by atomic mass is 9.93. The van der Waals surface area contributed by atoms with Crippen molar-refractivity contribution in [1.82, 2.24) is 25.6 Å². The lowest BCUT2D eigenvalue weighted by molar-refractivity contribution is -0.277. The van der Waals surface area contributed by atoms with Crippen LogP contribution in [0.3, 0.4) is 0 Å². The summed E-state index contributed by atoms with van der Waals surface area (Å²) in [5.41, 5.74) is 0.863. The van der Waals surface area contributed by atoms with Crippen molar-refractivity contribution in [2.75, 3.05) is 52.7 Å². The van der Waals surface area contributed by atoms with Gasteiger partial charge in [0.1, 0.15) is 35.9 Å². The fourth-order valence-corrected chi connectivity index (χ4v) is 8.35. The molecule has 0 bridgehead atoms. The van der Waals surface area contributed by atoms with Gasteiger partial charge in [-0.05, 0) is 60.5 Å². The Morgan fingerprint density at radius 2 is 1.26 bits per heavy atom. The first-order chi connectivity index (χ1) is 35.6. The molecule has 0 unspecified atom stereocenters. The molecule has 76 heavy (non-hydrogen) atoms. The number of nitrogens with zero attached hydrogens (tertiary/aromatic N) is 3. The minimum Gasteiger partial charge on any atom is -0.458 e. The van der Waals surface area contributed by atoms with Crippen molar-refractivity contribution in [3.05, 3.63) is 114 Å². The molecule has 5 rings (SSSR count). The summed E-state index contributed by atoms with van der Waals surface area (Å²) < 4.78 is 68.0. The average molecular weight is 1080 g/mol. The second-order valence-electron chi connectivity index (χ2n) is 22.1. The molecule has 4 aromatic rings. The Hall–Kier alpha value is -5.82. The number of aromatic nitrogens is 3. The highest BCUT2D eigenvalue weighted by Gasteiger charge is 2.45. The van der Waals surface area contributed by atoms with E-state index in [9.17, 15) is 43.2 Å². The number of aliphatic hydroxyl groups is 4. The van der Waals surface area contributed by atoms with Gasteiger partial charge in [-0.1, -0.05) is 98.4 Å². The van der Waals surface area contributed by atoms with E-state index in [1.54, 1.807) is 41.1 Å². The lowest BCUT2D eigenvalue weighted by Crippen LogP contribution is -2.60. The fourth-order valence-electron chi connectivity index (χ4n) is 7.62. The number of hydrogen-bond acceptors (Lipinski definition) is 18. The zero-order valence-corrected chi connectivity index (χ0v) is 45.6. The van der Waals surface area contributed by atoms with Gasteiger partial charge in [-0.2, -0.15) is 0 Å². The minimum atomic E-state index is -4.86. The van der Waals surface area contributed by atoms with Crippen molar-refractivity contribution in [2.45, 2.75) is 113 Å². The first-order valence-corrected chi connectivity index (χ1v) is 26.3. The van der Waals surface area contributed by atoms with Crippen LogP contribution < -0.4 is 23.7 Å². The summed E-state index contributed by atoms with van der Waals surface area (Å²) in [6, 6.07) is 16.3. The summed E-state index contributed by atoms with van der Waals surface area (Å²) in [6.45, 7) is 23.7. The number of aryl methyl sites for hydroxylation is 1. The van der Waals surface area contributed by atoms with Crippen molar-refractivity contribution < 1.29 is 75.3 Å². The minimum absolute atomic E-state index is 0.0345. The maximum Gasteiger partial charge on any atom is 0.501 e. The third-order valence-electron chi connectivity index (χ3n) is 12.0. The standard InChI is InChI=1S/C54H75N5O16S/c1-11-35-13-20-40(21-14-35)74-76(67,68)75-43-23-38(19-22-42(43)72-50-47(64)46(63)45(62)44(25-60)73-50)49(66)56-28-52(5,6)30-70-32-53(7,8)29-59-24-39(57-58-59)26-69-33-54(9,10)34-71-31-51(3,4)27-55-48(65)37-17-15-36(16-18-37)41(61)12-2/h12-24,44-47,50,60,62-64H,2,11,25-34H2,1,3-10H3,(H,55,65)(H,56,66)/t44-,45+,46+,47-,50-/m1/s1. The van der Waals surface area contributed by atoms with Crippen LogP contribution >= 0.6 is 0 Å². The topological polar surface area (TPSA) is 286 Å². The van der Waals surface area contributed by atoms with Crippen molar-refractivity contribution in [2.24, 2.45) is 21.7 Å². The van der Waals surface area contributed by atoms with Crippen LogP contribution in [0.1, 0.15) is 105 Å². The van der Waals surface area contributed by atoms with Crippen LogP contribution in [0.2, 0.25) is 0 Å². The van der Waals surface area contributed by atoms with Gasteiger partial charge in [0.25, 0.3) is 11.8 Å². The molecule has 0 saturated carbocycles. The van der Waals surface area contributed by atoms with Crippen molar-refractivity contribution in [3.8, 4) is 17.2 Å². The molecular weight excluding hydrogens is 1010 g/mol. The Morgan fingerprint density at radius 1 is 0.711 bits per heavy atom. The summed E-state index contributed by atoms with van der Waals surface area (Å²) in [7, 11) is -4.86. The third kappa shape index (κ3) is 18.7. The monoisotopic (exact) mass is 1080 g/mol. The highest BCUT2D eigenvalue weighted by Crippen LogP contribution is 2.34. The van der Waals surface area contributed by atoms with Crippen LogP contribution in [0.5, 0.6) is 17.2 Å². The summed E-state index contributed by atoms with van der Waals surface area (Å²) in [5, 5.41) is 55.2. The van der Waals surface area contributed by atoms with Gasteiger partial charge in [0.05, 0.1) is 52.4 Å². The van der Waals surface area contributed by atoms with E-state index in [4.69, 9.17) is 32.1 Å². The lowest BCUT2D eigenvalue weighted by Gasteiger charge is -2.39. The molecule has 0 spiro atoms. The first kappa shape index (κ1) is 61.0. The Labute approximate surface area is 445 Å². The molecule has 0 aliphatic carbocycles. The van der Waals surface area contributed by atoms with Gasteiger partial charge in [-0.3, -0.25) is 19.1 Å². The molecule has 1 aromatic heterocycles. The SMILES string of the molecule is C=CC(=O)c1ccc(C(=O)NCC(C)(C)COCC(C)(C)COCc2cn(CC(C)(C)COCC(C)(C)CNC(=O)c3ccc(O[C@@H]4O[C@H](CO)[C@H](O)[C@H](O)[C@H]4O)c(OS(=O)(=O)Oc4ccc(CC)cc4)c3)nn2)cc1. The number of aliphatic hydroxyl groups excluding tert-OH is 4. The predicted molar refractivity (Wildman–Crippen MR) is 279 cm³/mol. The van der Waals surface area contributed by atoms with E-state index in [1.807, 2.05) is 68.5 Å².